The summed E-state index contributed by atoms with van der Waals surface area (Å²) in [6.07, 6.45) is 1.56. The third-order valence-corrected chi connectivity index (χ3v) is 5.09. The zero-order valence-electron chi connectivity index (χ0n) is 15.4. The van der Waals surface area contributed by atoms with Gasteiger partial charge in [-0.2, -0.15) is 0 Å². The Hall–Kier alpha value is -2.25. The fourth-order valence-electron chi connectivity index (χ4n) is 2.68. The molecule has 140 valence electrons. The molecule has 1 unspecified atom stereocenters. The molecule has 0 bridgehead atoms. The summed E-state index contributed by atoms with van der Waals surface area (Å²) in [6, 6.07) is 8.10. The van der Waals surface area contributed by atoms with Crippen LogP contribution >= 0.6 is 0 Å². The number of aromatic nitrogens is 1. The lowest BCUT2D eigenvalue weighted by Gasteiger charge is -2.09. The molecule has 0 amide bonds. The van der Waals surface area contributed by atoms with Crippen LogP contribution in [0.1, 0.15) is 32.1 Å². The molecule has 0 fully saturated rings. The SMILES string of the molecule is COCCn1c(C)cc(C(=O)COC(=O)c2ccc(S(C)=O)cc2)c1C. The van der Waals surface area contributed by atoms with Crippen molar-refractivity contribution in [3.8, 4) is 0 Å². The van der Waals surface area contributed by atoms with Gasteiger partial charge in [0.25, 0.3) is 0 Å². The van der Waals surface area contributed by atoms with E-state index in [0.29, 0.717) is 29.2 Å². The minimum Gasteiger partial charge on any atom is -0.454 e. The molecule has 0 N–H and O–H groups in total. The highest BCUT2D eigenvalue weighted by Crippen LogP contribution is 2.16. The van der Waals surface area contributed by atoms with Crippen molar-refractivity contribution in [3.63, 3.8) is 0 Å². The fourth-order valence-corrected chi connectivity index (χ4v) is 3.20. The van der Waals surface area contributed by atoms with Gasteiger partial charge in [-0.05, 0) is 44.2 Å². The molecule has 2 rings (SSSR count). The zero-order chi connectivity index (χ0) is 19.3. The van der Waals surface area contributed by atoms with Gasteiger partial charge in [0.2, 0.25) is 5.78 Å². The van der Waals surface area contributed by atoms with Crippen LogP contribution in [0.5, 0.6) is 0 Å². The molecule has 1 atom stereocenters. The molecule has 0 aliphatic carbocycles. The topological polar surface area (TPSA) is 74.6 Å². The zero-order valence-corrected chi connectivity index (χ0v) is 16.2. The third kappa shape index (κ3) is 4.68. The predicted octanol–water partition coefficient (Wildman–Crippen LogP) is 2.53. The number of hydrogen-bond acceptors (Lipinski definition) is 5. The van der Waals surface area contributed by atoms with Gasteiger partial charge in [-0.3, -0.25) is 9.00 Å². The van der Waals surface area contributed by atoms with Gasteiger partial charge in [0.05, 0.1) is 12.2 Å². The Bertz CT molecular complexity index is 823. The number of benzene rings is 1. The summed E-state index contributed by atoms with van der Waals surface area (Å²) in [4.78, 5) is 25.1. The van der Waals surface area contributed by atoms with Crippen molar-refractivity contribution in [2.75, 3.05) is 26.6 Å². The van der Waals surface area contributed by atoms with Crippen LogP contribution in [0.4, 0.5) is 0 Å². The van der Waals surface area contributed by atoms with Crippen LogP contribution in [0.3, 0.4) is 0 Å². The molecule has 2 aromatic rings. The number of carbonyl (C=O) groups is 2. The van der Waals surface area contributed by atoms with E-state index in [4.69, 9.17) is 9.47 Å². The van der Waals surface area contributed by atoms with Gasteiger partial charge < -0.3 is 14.0 Å². The molecule has 1 aromatic carbocycles. The molecule has 26 heavy (non-hydrogen) atoms. The maximum Gasteiger partial charge on any atom is 0.338 e. The summed E-state index contributed by atoms with van der Waals surface area (Å²) in [6.45, 7) is 4.67. The molecule has 6 nitrogen and oxygen atoms in total. The van der Waals surface area contributed by atoms with Gasteiger partial charge >= 0.3 is 5.97 Å². The average Bonchev–Trinajstić information content (AvgIpc) is 2.91. The van der Waals surface area contributed by atoms with E-state index in [1.807, 2.05) is 18.4 Å². The summed E-state index contributed by atoms with van der Waals surface area (Å²) >= 11 is 0. The van der Waals surface area contributed by atoms with Crippen molar-refractivity contribution >= 4 is 22.6 Å². The van der Waals surface area contributed by atoms with E-state index in [1.54, 1.807) is 43.7 Å². The number of methoxy groups -OCH3 is 1. The predicted molar refractivity (Wildman–Crippen MR) is 99.2 cm³/mol. The molecular weight excluding hydrogens is 354 g/mol. The summed E-state index contributed by atoms with van der Waals surface area (Å²) in [7, 11) is 0.520. The van der Waals surface area contributed by atoms with Gasteiger partial charge in [-0.15, -0.1) is 0 Å². The molecule has 0 saturated heterocycles. The van der Waals surface area contributed by atoms with E-state index in [2.05, 4.69) is 0 Å². The van der Waals surface area contributed by atoms with E-state index in [1.165, 1.54) is 0 Å². The van der Waals surface area contributed by atoms with Gasteiger partial charge in [-0.1, -0.05) is 0 Å². The molecule has 0 spiro atoms. The van der Waals surface area contributed by atoms with Crippen LogP contribution < -0.4 is 0 Å². The van der Waals surface area contributed by atoms with Crippen LogP contribution in [-0.2, 0) is 26.8 Å². The molecule has 1 aromatic heterocycles. The Morgan fingerprint density at radius 3 is 2.38 bits per heavy atom. The van der Waals surface area contributed by atoms with Crippen molar-refractivity contribution in [1.29, 1.82) is 0 Å². The molecular formula is C19H23NO5S. The van der Waals surface area contributed by atoms with Crippen LogP contribution in [0.25, 0.3) is 0 Å². The van der Waals surface area contributed by atoms with Crippen LogP contribution in [0.2, 0.25) is 0 Å². The number of aryl methyl sites for hydroxylation is 1. The highest BCUT2D eigenvalue weighted by atomic mass is 32.2. The van der Waals surface area contributed by atoms with Gasteiger partial charge in [-0.25, -0.2) is 4.79 Å². The first-order valence-corrected chi connectivity index (χ1v) is 9.70. The Kier molecular flexibility index (Phi) is 6.88. The third-order valence-electron chi connectivity index (χ3n) is 4.15. The second-order valence-corrected chi connectivity index (χ2v) is 7.29. The quantitative estimate of drug-likeness (QED) is 0.522. The van der Waals surface area contributed by atoms with Crippen LogP contribution in [-0.4, -0.2) is 47.1 Å². The Balaban J connectivity index is 2.02. The number of Topliss-reactive ketones (excluding diaryl/α,β-unsaturated/α-hetero) is 1. The van der Waals surface area contributed by atoms with Crippen molar-refractivity contribution in [2.45, 2.75) is 25.3 Å². The highest BCUT2D eigenvalue weighted by Gasteiger charge is 2.18. The normalized spacial score (nSPS) is 12.0. The van der Waals surface area contributed by atoms with Crippen molar-refractivity contribution in [1.82, 2.24) is 4.57 Å². The van der Waals surface area contributed by atoms with Crippen molar-refractivity contribution in [3.05, 3.63) is 52.8 Å². The lowest BCUT2D eigenvalue weighted by atomic mass is 10.1. The smallest absolute Gasteiger partial charge is 0.338 e. The van der Waals surface area contributed by atoms with Gasteiger partial charge in [0.1, 0.15) is 0 Å². The number of nitrogens with zero attached hydrogens (tertiary/aromatic N) is 1. The second-order valence-electron chi connectivity index (χ2n) is 5.91. The summed E-state index contributed by atoms with van der Waals surface area (Å²) in [5, 5.41) is 0. The number of rotatable bonds is 8. The highest BCUT2D eigenvalue weighted by molar-refractivity contribution is 7.84. The Morgan fingerprint density at radius 1 is 1.15 bits per heavy atom. The van der Waals surface area contributed by atoms with Crippen LogP contribution in [0, 0.1) is 13.8 Å². The Morgan fingerprint density at radius 2 is 1.81 bits per heavy atom. The monoisotopic (exact) mass is 377 g/mol. The number of ether oxygens (including phenoxy) is 2. The van der Waals surface area contributed by atoms with E-state index in [-0.39, 0.29) is 12.4 Å². The van der Waals surface area contributed by atoms with E-state index < -0.39 is 16.8 Å². The molecule has 0 saturated carbocycles. The largest absolute Gasteiger partial charge is 0.454 e. The second kappa shape index (κ2) is 8.91. The maximum absolute atomic E-state index is 12.4. The van der Waals surface area contributed by atoms with Crippen LogP contribution in [0.15, 0.2) is 35.2 Å². The number of hydrogen-bond donors (Lipinski definition) is 0. The minimum atomic E-state index is -1.11. The Labute approximate surface area is 155 Å². The lowest BCUT2D eigenvalue weighted by molar-refractivity contribution is 0.0474. The molecule has 0 aliphatic rings. The maximum atomic E-state index is 12.4. The van der Waals surface area contributed by atoms with E-state index in [9.17, 15) is 13.8 Å². The standard InChI is InChI=1S/C19H23NO5S/c1-13-11-17(14(2)20(13)9-10-24-3)18(21)12-25-19(22)15-5-7-16(8-6-15)26(4)23/h5-8,11H,9-10,12H2,1-4H3. The van der Waals surface area contributed by atoms with Crippen molar-refractivity contribution in [2.24, 2.45) is 0 Å². The van der Waals surface area contributed by atoms with Gasteiger partial charge in [0.15, 0.2) is 6.61 Å². The summed E-state index contributed by atoms with van der Waals surface area (Å²) < 4.78 is 23.6. The lowest BCUT2D eigenvalue weighted by Crippen LogP contribution is -2.15. The first-order chi connectivity index (χ1) is 12.3. The first kappa shape index (κ1) is 20.1. The molecule has 0 radical (unpaired) electrons. The minimum absolute atomic E-state index is 0.249. The number of ketones is 1. The van der Waals surface area contributed by atoms with Crippen molar-refractivity contribution < 1.29 is 23.3 Å². The number of esters is 1. The molecule has 0 aliphatic heterocycles. The molecule has 7 heteroatoms. The summed E-state index contributed by atoms with van der Waals surface area (Å²) in [5.41, 5.74) is 2.65. The fraction of sp³-hybridized carbons (Fsp3) is 0.368. The average molecular weight is 377 g/mol. The van der Waals surface area contributed by atoms with E-state index in [0.717, 1.165) is 11.4 Å². The molecule has 1 heterocycles. The van der Waals surface area contributed by atoms with E-state index >= 15 is 0 Å². The first-order valence-electron chi connectivity index (χ1n) is 8.14. The van der Waals surface area contributed by atoms with Gasteiger partial charge in [0, 0.05) is 52.6 Å². The number of carbonyl (C=O) groups excluding carboxylic acids is 2. The summed E-state index contributed by atoms with van der Waals surface area (Å²) in [5.74, 6) is -0.832.